The van der Waals surface area contributed by atoms with Crippen LogP contribution in [-0.2, 0) is 6.42 Å². The molecule has 0 fully saturated rings. The second kappa shape index (κ2) is 4.88. The molecule has 84 valence electrons. The van der Waals surface area contributed by atoms with Crippen molar-refractivity contribution in [1.29, 1.82) is 0 Å². The van der Waals surface area contributed by atoms with Crippen molar-refractivity contribution in [2.45, 2.75) is 31.1 Å². The number of carbonyl (C=O) groups excluding carboxylic acids is 1. The Morgan fingerprint density at radius 1 is 1.44 bits per heavy atom. The number of fused-ring (bicyclic) bond motifs is 1. The molecule has 0 spiro atoms. The highest BCUT2D eigenvalue weighted by Gasteiger charge is 2.24. The molecule has 16 heavy (non-hydrogen) atoms. The Labute approximate surface area is 101 Å². The van der Waals surface area contributed by atoms with Crippen molar-refractivity contribution >= 4 is 17.5 Å². The smallest absolute Gasteiger partial charge is 0.189 e. The Kier molecular flexibility index (Phi) is 3.49. The Balaban J connectivity index is 2.31. The van der Waals surface area contributed by atoms with E-state index in [9.17, 15) is 4.79 Å². The molecule has 0 atom stereocenters. The molecule has 1 nitrogen and oxygen atoms in total. The van der Waals surface area contributed by atoms with Crippen LogP contribution in [-0.4, -0.2) is 12.0 Å². The van der Waals surface area contributed by atoms with Gasteiger partial charge in [-0.15, -0.1) is 11.8 Å². The zero-order chi connectivity index (χ0) is 11.5. The molecule has 1 aliphatic carbocycles. The van der Waals surface area contributed by atoms with E-state index in [1.807, 2.05) is 12.1 Å². The Hall–Kier alpha value is -1.02. The van der Waals surface area contributed by atoms with Gasteiger partial charge in [-0.1, -0.05) is 19.4 Å². The van der Waals surface area contributed by atoms with Crippen LogP contribution in [0.15, 0.2) is 34.7 Å². The maximum atomic E-state index is 12.0. The lowest BCUT2D eigenvalue weighted by molar-refractivity contribution is 0.103. The summed E-state index contributed by atoms with van der Waals surface area (Å²) in [5.74, 6) is 0.233. The van der Waals surface area contributed by atoms with E-state index < -0.39 is 0 Å². The zero-order valence-corrected chi connectivity index (χ0v) is 10.6. The summed E-state index contributed by atoms with van der Waals surface area (Å²) in [6.07, 6.45) is 7.09. The third-order valence-electron chi connectivity index (χ3n) is 2.91. The van der Waals surface area contributed by atoms with Gasteiger partial charge in [0, 0.05) is 22.5 Å². The minimum atomic E-state index is 0.233. The first-order valence-corrected chi connectivity index (χ1v) is 6.89. The molecule has 0 heterocycles. The molecule has 0 aromatic heterocycles. The summed E-state index contributed by atoms with van der Waals surface area (Å²) in [6.45, 7) is 2.13. The van der Waals surface area contributed by atoms with E-state index in [0.29, 0.717) is 0 Å². The maximum absolute atomic E-state index is 12.0. The molecule has 1 aromatic carbocycles. The Morgan fingerprint density at radius 2 is 2.25 bits per heavy atom. The van der Waals surface area contributed by atoms with Gasteiger partial charge in [-0.25, -0.2) is 0 Å². The largest absolute Gasteiger partial charge is 0.289 e. The number of carbonyl (C=O) groups is 1. The highest BCUT2D eigenvalue weighted by Crippen LogP contribution is 2.29. The standard InChI is InChI=1S/C14H16OS/c1-3-4-5-10-8-11-9-12(16-2)6-7-13(11)14(10)15/h5-7,9H,3-4,8H2,1-2H3/b10-5+. The number of Topliss-reactive ketones (excluding diaryl/α,β-unsaturated/α-hetero) is 1. The first kappa shape index (κ1) is 11.5. The number of benzene rings is 1. The van der Waals surface area contributed by atoms with Gasteiger partial charge in [-0.2, -0.15) is 0 Å². The summed E-state index contributed by atoms with van der Waals surface area (Å²) < 4.78 is 0. The van der Waals surface area contributed by atoms with Crippen LogP contribution < -0.4 is 0 Å². The summed E-state index contributed by atoms with van der Waals surface area (Å²) in [7, 11) is 0. The molecule has 2 rings (SSSR count). The van der Waals surface area contributed by atoms with Gasteiger partial charge in [-0.05, 0) is 36.4 Å². The van der Waals surface area contributed by atoms with Gasteiger partial charge in [0.15, 0.2) is 5.78 Å². The SMILES string of the molecule is CCC/C=C1\Cc2cc(SC)ccc2C1=O. The summed E-state index contributed by atoms with van der Waals surface area (Å²) in [6, 6.07) is 6.14. The minimum Gasteiger partial charge on any atom is -0.289 e. The summed E-state index contributed by atoms with van der Waals surface area (Å²) >= 11 is 1.72. The van der Waals surface area contributed by atoms with Crippen molar-refractivity contribution < 1.29 is 4.79 Å². The number of hydrogen-bond acceptors (Lipinski definition) is 2. The Morgan fingerprint density at radius 3 is 2.94 bits per heavy atom. The van der Waals surface area contributed by atoms with Crippen LogP contribution in [0.1, 0.15) is 35.7 Å². The lowest BCUT2D eigenvalue weighted by Crippen LogP contribution is -1.95. The molecule has 1 aliphatic rings. The molecule has 0 unspecified atom stereocenters. The number of allylic oxidation sites excluding steroid dienone is 2. The first-order chi connectivity index (χ1) is 7.76. The van der Waals surface area contributed by atoms with Gasteiger partial charge in [0.25, 0.3) is 0 Å². The van der Waals surface area contributed by atoms with Gasteiger partial charge >= 0.3 is 0 Å². The van der Waals surface area contributed by atoms with E-state index in [0.717, 1.165) is 30.4 Å². The monoisotopic (exact) mass is 232 g/mol. The van der Waals surface area contributed by atoms with E-state index in [4.69, 9.17) is 0 Å². The third-order valence-corrected chi connectivity index (χ3v) is 3.63. The van der Waals surface area contributed by atoms with Crippen LogP contribution >= 0.6 is 11.8 Å². The average molecular weight is 232 g/mol. The second-order valence-corrected chi connectivity index (χ2v) is 4.93. The fourth-order valence-electron chi connectivity index (χ4n) is 2.01. The van der Waals surface area contributed by atoms with E-state index in [1.165, 1.54) is 10.5 Å². The summed E-state index contributed by atoms with van der Waals surface area (Å²) in [5, 5.41) is 0. The molecule has 0 amide bonds. The fraction of sp³-hybridized carbons (Fsp3) is 0.357. The summed E-state index contributed by atoms with van der Waals surface area (Å²) in [4.78, 5) is 13.3. The van der Waals surface area contributed by atoms with Crippen molar-refractivity contribution in [1.82, 2.24) is 0 Å². The van der Waals surface area contributed by atoms with Crippen LogP contribution in [0.25, 0.3) is 0 Å². The molecule has 1 aromatic rings. The van der Waals surface area contributed by atoms with Crippen molar-refractivity contribution in [3.63, 3.8) is 0 Å². The normalized spacial score (nSPS) is 16.9. The molecule has 0 N–H and O–H groups in total. The maximum Gasteiger partial charge on any atom is 0.189 e. The highest BCUT2D eigenvalue weighted by molar-refractivity contribution is 7.98. The highest BCUT2D eigenvalue weighted by atomic mass is 32.2. The lowest BCUT2D eigenvalue weighted by atomic mass is 10.1. The molecule has 0 bridgehead atoms. The molecular weight excluding hydrogens is 216 g/mol. The quantitative estimate of drug-likeness (QED) is 0.581. The molecule has 0 saturated heterocycles. The van der Waals surface area contributed by atoms with Crippen LogP contribution in [0, 0.1) is 0 Å². The number of hydrogen-bond donors (Lipinski definition) is 0. The van der Waals surface area contributed by atoms with Crippen molar-refractivity contribution in [3.05, 3.63) is 41.0 Å². The van der Waals surface area contributed by atoms with Gasteiger partial charge in [-0.3, -0.25) is 4.79 Å². The second-order valence-electron chi connectivity index (χ2n) is 4.05. The number of unbranched alkanes of at least 4 members (excludes halogenated alkanes) is 1. The van der Waals surface area contributed by atoms with Gasteiger partial charge in [0.05, 0.1) is 0 Å². The predicted molar refractivity (Wildman–Crippen MR) is 69.2 cm³/mol. The van der Waals surface area contributed by atoms with Crippen LogP contribution in [0.4, 0.5) is 0 Å². The first-order valence-electron chi connectivity index (χ1n) is 5.67. The number of rotatable bonds is 3. The van der Waals surface area contributed by atoms with Gasteiger partial charge < -0.3 is 0 Å². The van der Waals surface area contributed by atoms with E-state index in [2.05, 4.69) is 25.3 Å². The van der Waals surface area contributed by atoms with Crippen molar-refractivity contribution in [2.24, 2.45) is 0 Å². The molecule has 0 saturated carbocycles. The van der Waals surface area contributed by atoms with Crippen LogP contribution in [0.3, 0.4) is 0 Å². The lowest BCUT2D eigenvalue weighted by Gasteiger charge is -1.99. The van der Waals surface area contributed by atoms with Crippen molar-refractivity contribution in [3.8, 4) is 0 Å². The van der Waals surface area contributed by atoms with Crippen molar-refractivity contribution in [2.75, 3.05) is 6.26 Å². The topological polar surface area (TPSA) is 17.1 Å². The number of thioether (sulfide) groups is 1. The summed E-state index contributed by atoms with van der Waals surface area (Å²) in [5.41, 5.74) is 3.08. The van der Waals surface area contributed by atoms with Gasteiger partial charge in [0.1, 0.15) is 0 Å². The van der Waals surface area contributed by atoms with Crippen LogP contribution in [0.2, 0.25) is 0 Å². The predicted octanol–water partition coefficient (Wildman–Crippen LogP) is 3.87. The molecular formula is C14H16OS. The van der Waals surface area contributed by atoms with Crippen LogP contribution in [0.5, 0.6) is 0 Å². The van der Waals surface area contributed by atoms with E-state index >= 15 is 0 Å². The molecule has 0 radical (unpaired) electrons. The van der Waals surface area contributed by atoms with Gasteiger partial charge in [0.2, 0.25) is 0 Å². The third kappa shape index (κ3) is 2.07. The number of ketones is 1. The fourth-order valence-corrected chi connectivity index (χ4v) is 2.47. The van der Waals surface area contributed by atoms with E-state index in [-0.39, 0.29) is 5.78 Å². The Bertz CT molecular complexity index is 446. The average Bonchev–Trinajstić information content (AvgIpc) is 2.63. The molecule has 2 heteroatoms. The van der Waals surface area contributed by atoms with E-state index in [1.54, 1.807) is 11.8 Å². The molecule has 0 aliphatic heterocycles. The minimum absolute atomic E-state index is 0.233. The zero-order valence-electron chi connectivity index (χ0n) is 9.75.